The van der Waals surface area contributed by atoms with Crippen LogP contribution in [0.4, 0.5) is 0 Å². The molecule has 3 atom stereocenters. The van der Waals surface area contributed by atoms with Crippen molar-refractivity contribution < 1.29 is 47.8 Å². The van der Waals surface area contributed by atoms with Gasteiger partial charge in [-0.2, -0.15) is 0 Å². The number of carboxylic acid groups (broad SMARTS) is 1. The number of ether oxygens (including phenoxy) is 1. The third-order valence-electron chi connectivity index (χ3n) is 8.04. The van der Waals surface area contributed by atoms with Gasteiger partial charge in [-0.05, 0) is 32.1 Å². The van der Waals surface area contributed by atoms with Crippen molar-refractivity contribution in [3.63, 3.8) is 0 Å². The zero-order valence-corrected chi connectivity index (χ0v) is 30.9. The number of rotatable bonds is 35. The van der Waals surface area contributed by atoms with Gasteiger partial charge in [0.15, 0.2) is 6.04 Å². The van der Waals surface area contributed by atoms with Gasteiger partial charge in [-0.15, -0.1) is 0 Å². The Morgan fingerprint density at radius 3 is 1.67 bits per heavy atom. The number of aliphatic hydroxyl groups is 1. The normalized spacial score (nSPS) is 14.1. The van der Waals surface area contributed by atoms with Gasteiger partial charge >= 0.3 is 19.8 Å². The molecule has 0 spiro atoms. The first-order valence-corrected chi connectivity index (χ1v) is 20.2. The molecule has 0 bridgehead atoms. The maximum atomic E-state index is 12.2. The summed E-state index contributed by atoms with van der Waals surface area (Å²) in [7, 11) is -4.74. The van der Waals surface area contributed by atoms with Crippen molar-refractivity contribution >= 4 is 25.7 Å². The lowest BCUT2D eigenvalue weighted by molar-refractivity contribution is -0.147. The summed E-state index contributed by atoms with van der Waals surface area (Å²) < 4.78 is 26.7. The standard InChI is InChI=1S/C36H68NO10P/c1-3-5-7-9-11-13-15-16-17-18-19-21-23-25-27-34(39)37-33(36(41)42)31-47-48(43,44)46-30-32(38)29-45-35(40)28-26-24-22-20-14-12-10-8-6-4-2/h8,10,32-33,38H,3-7,9,11-31H2,1-2H3,(H,37,39)(H,41,42)(H,43,44)/b10-8-. The molecule has 0 fully saturated rings. The van der Waals surface area contributed by atoms with E-state index in [9.17, 15) is 34.1 Å². The van der Waals surface area contributed by atoms with E-state index in [1.165, 1.54) is 64.2 Å². The first kappa shape index (κ1) is 46.2. The van der Waals surface area contributed by atoms with Crippen LogP contribution in [0.3, 0.4) is 0 Å². The SMILES string of the molecule is CCC/C=C\CCCCCCCC(=O)OCC(O)COP(=O)(O)OCC(NC(=O)CCCCCCCCCCCCCCCC)C(=O)O. The molecule has 0 aliphatic rings. The monoisotopic (exact) mass is 705 g/mol. The van der Waals surface area contributed by atoms with E-state index >= 15 is 0 Å². The van der Waals surface area contributed by atoms with Gasteiger partial charge in [-0.1, -0.05) is 135 Å². The number of amides is 1. The molecule has 0 radical (unpaired) electrons. The minimum absolute atomic E-state index is 0.150. The van der Waals surface area contributed by atoms with Gasteiger partial charge in [-0.3, -0.25) is 18.6 Å². The second-order valence-electron chi connectivity index (χ2n) is 12.8. The second-order valence-corrected chi connectivity index (χ2v) is 14.2. The summed E-state index contributed by atoms with van der Waals surface area (Å²) in [6, 6.07) is -1.54. The van der Waals surface area contributed by atoms with Crippen LogP contribution in [0.15, 0.2) is 12.2 Å². The average molecular weight is 706 g/mol. The fourth-order valence-corrected chi connectivity index (χ4v) is 5.85. The summed E-state index contributed by atoms with van der Waals surface area (Å²) in [5.74, 6) is -2.38. The van der Waals surface area contributed by atoms with E-state index in [4.69, 9.17) is 13.8 Å². The summed E-state index contributed by atoms with van der Waals surface area (Å²) >= 11 is 0. The fraction of sp³-hybridized carbons (Fsp3) is 0.861. The molecule has 11 nitrogen and oxygen atoms in total. The number of esters is 1. The van der Waals surface area contributed by atoms with Gasteiger partial charge in [0.2, 0.25) is 5.91 Å². The Morgan fingerprint density at radius 2 is 1.12 bits per heavy atom. The third-order valence-corrected chi connectivity index (χ3v) is 8.99. The largest absolute Gasteiger partial charge is 0.480 e. The molecule has 0 aromatic rings. The van der Waals surface area contributed by atoms with Crippen LogP contribution in [0.1, 0.15) is 168 Å². The number of carbonyl (C=O) groups excluding carboxylic acids is 2. The van der Waals surface area contributed by atoms with Crippen molar-refractivity contribution in [2.45, 2.75) is 180 Å². The molecule has 4 N–H and O–H groups in total. The maximum Gasteiger partial charge on any atom is 0.472 e. The molecule has 0 aliphatic carbocycles. The van der Waals surface area contributed by atoms with Crippen LogP contribution in [-0.4, -0.2) is 64.9 Å². The van der Waals surface area contributed by atoms with Crippen molar-refractivity contribution in [3.05, 3.63) is 12.2 Å². The first-order valence-electron chi connectivity index (χ1n) is 18.7. The molecule has 0 saturated carbocycles. The lowest BCUT2D eigenvalue weighted by atomic mass is 10.0. The number of aliphatic hydroxyl groups excluding tert-OH is 1. The van der Waals surface area contributed by atoms with Crippen LogP contribution in [0.25, 0.3) is 0 Å². The minimum atomic E-state index is -4.74. The van der Waals surface area contributed by atoms with E-state index in [0.717, 1.165) is 64.2 Å². The molecule has 12 heteroatoms. The van der Waals surface area contributed by atoms with Crippen LogP contribution in [0.2, 0.25) is 0 Å². The lowest BCUT2D eigenvalue weighted by Crippen LogP contribution is -2.43. The average Bonchev–Trinajstić information content (AvgIpc) is 3.05. The third kappa shape index (κ3) is 31.5. The lowest BCUT2D eigenvalue weighted by Gasteiger charge is -2.18. The molecule has 0 saturated heterocycles. The number of nitrogens with one attached hydrogen (secondary N) is 1. The van der Waals surface area contributed by atoms with Crippen molar-refractivity contribution in [1.82, 2.24) is 5.32 Å². The number of aliphatic carboxylic acids is 1. The maximum absolute atomic E-state index is 12.2. The zero-order chi connectivity index (χ0) is 35.7. The Bertz CT molecular complexity index is 885. The Kier molecular flexibility index (Phi) is 31.2. The van der Waals surface area contributed by atoms with Crippen molar-refractivity contribution in [2.24, 2.45) is 0 Å². The van der Waals surface area contributed by atoms with E-state index in [-0.39, 0.29) is 12.8 Å². The number of allylic oxidation sites excluding steroid dienone is 2. The molecular weight excluding hydrogens is 637 g/mol. The molecule has 0 aliphatic heterocycles. The number of unbranched alkanes of at least 4 members (excludes halogenated alkanes) is 19. The predicted octanol–water partition coefficient (Wildman–Crippen LogP) is 8.55. The highest BCUT2D eigenvalue weighted by atomic mass is 31.2. The van der Waals surface area contributed by atoms with Crippen LogP contribution >= 0.6 is 7.82 Å². The Labute approximate surface area is 290 Å². The van der Waals surface area contributed by atoms with Crippen molar-refractivity contribution in [3.8, 4) is 0 Å². The number of carbonyl (C=O) groups is 3. The Balaban J connectivity index is 3.97. The van der Waals surface area contributed by atoms with E-state index in [0.29, 0.717) is 12.8 Å². The quantitative estimate of drug-likeness (QED) is 0.0217. The summed E-state index contributed by atoms with van der Waals surface area (Å²) in [4.78, 5) is 45.6. The number of phosphoric ester groups is 1. The summed E-state index contributed by atoms with van der Waals surface area (Å²) in [6.07, 6.45) is 28.2. The highest BCUT2D eigenvalue weighted by Crippen LogP contribution is 2.43. The molecule has 0 rings (SSSR count). The van der Waals surface area contributed by atoms with Gasteiger partial charge in [0.25, 0.3) is 0 Å². The van der Waals surface area contributed by atoms with Crippen LogP contribution in [-0.2, 0) is 32.7 Å². The van der Waals surface area contributed by atoms with Crippen molar-refractivity contribution in [1.29, 1.82) is 0 Å². The molecule has 282 valence electrons. The minimum Gasteiger partial charge on any atom is -0.480 e. The smallest absolute Gasteiger partial charge is 0.472 e. The predicted molar refractivity (Wildman–Crippen MR) is 190 cm³/mol. The van der Waals surface area contributed by atoms with Crippen LogP contribution in [0.5, 0.6) is 0 Å². The van der Waals surface area contributed by atoms with Crippen molar-refractivity contribution in [2.75, 3.05) is 19.8 Å². The molecular formula is C36H68NO10P. The number of hydrogen-bond donors (Lipinski definition) is 4. The molecule has 48 heavy (non-hydrogen) atoms. The van der Waals surface area contributed by atoms with Crippen LogP contribution < -0.4 is 5.32 Å². The second kappa shape index (κ2) is 32.4. The van der Waals surface area contributed by atoms with E-state index in [1.54, 1.807) is 0 Å². The van der Waals surface area contributed by atoms with Gasteiger partial charge in [0, 0.05) is 12.8 Å². The number of carboxylic acids is 1. The topological polar surface area (TPSA) is 169 Å². The summed E-state index contributed by atoms with van der Waals surface area (Å²) in [5.41, 5.74) is 0. The Morgan fingerprint density at radius 1 is 0.646 bits per heavy atom. The van der Waals surface area contributed by atoms with Gasteiger partial charge in [0.05, 0.1) is 13.2 Å². The molecule has 1 amide bonds. The summed E-state index contributed by atoms with van der Waals surface area (Å²) in [6.45, 7) is 2.50. The first-order chi connectivity index (χ1) is 23.1. The van der Waals surface area contributed by atoms with E-state index < -0.39 is 57.6 Å². The fourth-order valence-electron chi connectivity index (χ4n) is 5.08. The van der Waals surface area contributed by atoms with Gasteiger partial charge in [-0.25, -0.2) is 9.36 Å². The van der Waals surface area contributed by atoms with Gasteiger partial charge < -0.3 is 25.2 Å². The molecule has 0 heterocycles. The van der Waals surface area contributed by atoms with E-state index in [1.807, 2.05) is 0 Å². The van der Waals surface area contributed by atoms with Gasteiger partial charge in [0.1, 0.15) is 12.7 Å². The molecule has 0 aromatic heterocycles. The molecule has 0 aromatic carbocycles. The number of phosphoric acid groups is 1. The zero-order valence-electron chi connectivity index (χ0n) is 30.0. The summed E-state index contributed by atoms with van der Waals surface area (Å²) in [5, 5.41) is 21.7. The highest BCUT2D eigenvalue weighted by Gasteiger charge is 2.28. The van der Waals surface area contributed by atoms with E-state index in [2.05, 4.69) is 31.3 Å². The Hall–Kier alpha value is -1.78. The highest BCUT2D eigenvalue weighted by molar-refractivity contribution is 7.47. The number of hydrogen-bond acceptors (Lipinski definition) is 8. The molecule has 3 unspecified atom stereocenters. The van der Waals surface area contributed by atoms with Crippen LogP contribution in [0, 0.1) is 0 Å².